The van der Waals surface area contributed by atoms with Crippen molar-refractivity contribution < 1.29 is 9.53 Å². The van der Waals surface area contributed by atoms with Crippen molar-refractivity contribution in [3.63, 3.8) is 0 Å². The molecular weight excluding hydrogens is 402 g/mol. The summed E-state index contributed by atoms with van der Waals surface area (Å²) in [7, 11) is 0. The van der Waals surface area contributed by atoms with Crippen LogP contribution in [-0.4, -0.2) is 39.3 Å². The standard InChI is InChI=1S/C25H37N5O2/c1-19(2)15-16-29-23-13-12-22(18-20(23)11-14-25(29)31)32-17-7-6-10-24-26-27-28-30(24)21-8-4-3-5-9-21/h12-13,18-19,21H,3-11,14-17H2,1-2H3. The largest absolute Gasteiger partial charge is 0.494 e. The van der Waals surface area contributed by atoms with Crippen LogP contribution in [0.5, 0.6) is 5.75 Å². The van der Waals surface area contributed by atoms with E-state index in [0.29, 0.717) is 25.0 Å². The van der Waals surface area contributed by atoms with Gasteiger partial charge >= 0.3 is 0 Å². The van der Waals surface area contributed by atoms with Gasteiger partial charge in [0.05, 0.1) is 12.6 Å². The van der Waals surface area contributed by atoms with E-state index >= 15 is 0 Å². The molecule has 1 aromatic heterocycles. The maximum atomic E-state index is 12.4. The Bertz CT molecular complexity index is 888. The Labute approximate surface area is 191 Å². The Hall–Kier alpha value is -2.44. The summed E-state index contributed by atoms with van der Waals surface area (Å²) in [6, 6.07) is 6.66. The molecule has 1 fully saturated rings. The van der Waals surface area contributed by atoms with Crippen molar-refractivity contribution in [3.8, 4) is 5.75 Å². The highest BCUT2D eigenvalue weighted by Crippen LogP contribution is 2.32. The Morgan fingerprint density at radius 1 is 1.12 bits per heavy atom. The Kier molecular flexibility index (Phi) is 7.76. The first-order valence-electron chi connectivity index (χ1n) is 12.4. The molecule has 0 bridgehead atoms. The van der Waals surface area contributed by atoms with E-state index in [4.69, 9.17) is 4.74 Å². The third-order valence-corrected chi connectivity index (χ3v) is 6.73. The fourth-order valence-corrected chi connectivity index (χ4v) is 4.82. The van der Waals surface area contributed by atoms with Gasteiger partial charge in [-0.15, -0.1) is 5.10 Å². The zero-order valence-electron chi connectivity index (χ0n) is 19.6. The third kappa shape index (κ3) is 5.67. The average molecular weight is 440 g/mol. The molecule has 1 aromatic carbocycles. The zero-order chi connectivity index (χ0) is 22.3. The number of tetrazole rings is 1. The summed E-state index contributed by atoms with van der Waals surface area (Å²) < 4.78 is 8.10. The second kappa shape index (κ2) is 10.9. The SMILES string of the molecule is CC(C)CCN1C(=O)CCc2cc(OCCCCc3nnnn3C3CCCCC3)ccc21. The third-order valence-electron chi connectivity index (χ3n) is 6.73. The van der Waals surface area contributed by atoms with E-state index in [1.54, 1.807) is 0 Å². The number of carbonyl (C=O) groups is 1. The molecule has 0 atom stereocenters. The summed E-state index contributed by atoms with van der Waals surface area (Å²) in [5.41, 5.74) is 2.28. The number of fused-ring (bicyclic) bond motifs is 1. The first-order valence-corrected chi connectivity index (χ1v) is 12.4. The molecule has 1 aliphatic heterocycles. The Morgan fingerprint density at radius 3 is 2.78 bits per heavy atom. The molecule has 2 heterocycles. The second-order valence-electron chi connectivity index (χ2n) is 9.66. The number of amides is 1. The lowest BCUT2D eigenvalue weighted by Crippen LogP contribution is -2.36. The van der Waals surface area contributed by atoms with Gasteiger partial charge in [-0.3, -0.25) is 4.79 Å². The predicted molar refractivity (Wildman–Crippen MR) is 125 cm³/mol. The van der Waals surface area contributed by atoms with E-state index in [-0.39, 0.29) is 5.91 Å². The molecule has 1 aliphatic carbocycles. The molecule has 0 saturated heterocycles. The minimum Gasteiger partial charge on any atom is -0.494 e. The lowest BCUT2D eigenvalue weighted by molar-refractivity contribution is -0.118. The fraction of sp³-hybridized carbons (Fsp3) is 0.680. The molecule has 0 N–H and O–H groups in total. The van der Waals surface area contributed by atoms with Crippen molar-refractivity contribution in [2.24, 2.45) is 5.92 Å². The molecule has 1 saturated carbocycles. The molecule has 2 aliphatic rings. The smallest absolute Gasteiger partial charge is 0.227 e. The van der Waals surface area contributed by atoms with Crippen LogP contribution in [0.25, 0.3) is 0 Å². The van der Waals surface area contributed by atoms with Crippen molar-refractivity contribution in [2.75, 3.05) is 18.1 Å². The molecule has 7 nitrogen and oxygen atoms in total. The van der Waals surface area contributed by atoms with Crippen molar-refractivity contribution in [2.45, 2.75) is 90.5 Å². The number of hydrogen-bond acceptors (Lipinski definition) is 5. The van der Waals surface area contributed by atoms with E-state index in [2.05, 4.69) is 46.2 Å². The molecule has 0 unspecified atom stereocenters. The highest BCUT2D eigenvalue weighted by molar-refractivity contribution is 5.96. The van der Waals surface area contributed by atoms with Gasteiger partial charge in [-0.1, -0.05) is 33.1 Å². The molecular formula is C25H37N5O2. The number of unbranched alkanes of at least 4 members (excludes halogenated alkanes) is 1. The van der Waals surface area contributed by atoms with E-state index in [9.17, 15) is 4.79 Å². The highest BCUT2D eigenvalue weighted by Gasteiger charge is 2.24. The lowest BCUT2D eigenvalue weighted by Gasteiger charge is -2.30. The van der Waals surface area contributed by atoms with Crippen molar-refractivity contribution in [1.29, 1.82) is 0 Å². The number of anilines is 1. The van der Waals surface area contributed by atoms with Crippen LogP contribution in [-0.2, 0) is 17.6 Å². The van der Waals surface area contributed by atoms with Gasteiger partial charge in [-0.2, -0.15) is 0 Å². The number of hydrogen-bond donors (Lipinski definition) is 0. The van der Waals surface area contributed by atoms with Crippen molar-refractivity contribution in [1.82, 2.24) is 20.2 Å². The topological polar surface area (TPSA) is 73.1 Å². The van der Waals surface area contributed by atoms with Gasteiger partial charge in [-0.25, -0.2) is 4.68 Å². The number of ether oxygens (including phenoxy) is 1. The first kappa shape index (κ1) is 22.7. The van der Waals surface area contributed by atoms with Gasteiger partial charge in [-0.05, 0) is 78.6 Å². The highest BCUT2D eigenvalue weighted by atomic mass is 16.5. The van der Waals surface area contributed by atoms with Crippen LogP contribution in [0.1, 0.15) is 89.1 Å². The number of aromatic nitrogens is 4. The summed E-state index contributed by atoms with van der Waals surface area (Å²) >= 11 is 0. The van der Waals surface area contributed by atoms with Gasteiger partial charge < -0.3 is 9.64 Å². The molecule has 1 amide bonds. The van der Waals surface area contributed by atoms with Gasteiger partial charge in [0.1, 0.15) is 5.75 Å². The summed E-state index contributed by atoms with van der Waals surface area (Å²) in [6.07, 6.45) is 11.6. The average Bonchev–Trinajstić information content (AvgIpc) is 3.27. The van der Waals surface area contributed by atoms with Crippen LogP contribution in [0.3, 0.4) is 0 Å². The lowest BCUT2D eigenvalue weighted by atomic mass is 9.95. The number of nitrogens with zero attached hydrogens (tertiary/aromatic N) is 5. The number of benzene rings is 1. The normalized spacial score (nSPS) is 17.1. The zero-order valence-corrected chi connectivity index (χ0v) is 19.6. The molecule has 0 radical (unpaired) electrons. The first-order chi connectivity index (χ1) is 15.6. The maximum absolute atomic E-state index is 12.4. The van der Waals surface area contributed by atoms with Gasteiger partial charge in [0.15, 0.2) is 5.82 Å². The summed E-state index contributed by atoms with van der Waals surface area (Å²) in [4.78, 5) is 14.4. The molecule has 4 rings (SSSR count). The summed E-state index contributed by atoms with van der Waals surface area (Å²) in [5.74, 6) is 2.73. The Morgan fingerprint density at radius 2 is 1.97 bits per heavy atom. The molecule has 174 valence electrons. The van der Waals surface area contributed by atoms with Gasteiger partial charge in [0, 0.05) is 25.1 Å². The molecule has 7 heteroatoms. The molecule has 0 spiro atoms. The minimum atomic E-state index is 0.238. The van der Waals surface area contributed by atoms with Crippen LogP contribution >= 0.6 is 0 Å². The molecule has 32 heavy (non-hydrogen) atoms. The monoisotopic (exact) mass is 439 g/mol. The second-order valence-corrected chi connectivity index (χ2v) is 9.66. The summed E-state index contributed by atoms with van der Waals surface area (Å²) in [5, 5.41) is 12.4. The number of rotatable bonds is 10. The minimum absolute atomic E-state index is 0.238. The van der Waals surface area contributed by atoms with Crippen molar-refractivity contribution >= 4 is 11.6 Å². The van der Waals surface area contributed by atoms with E-state index < -0.39 is 0 Å². The summed E-state index contributed by atoms with van der Waals surface area (Å²) in [6.45, 7) is 5.87. The van der Waals surface area contributed by atoms with E-state index in [1.807, 2.05) is 11.0 Å². The predicted octanol–water partition coefficient (Wildman–Crippen LogP) is 4.91. The van der Waals surface area contributed by atoms with Gasteiger partial charge in [0.25, 0.3) is 0 Å². The van der Waals surface area contributed by atoms with Crippen LogP contribution in [0.4, 0.5) is 5.69 Å². The van der Waals surface area contributed by atoms with E-state index in [1.165, 1.54) is 37.7 Å². The van der Waals surface area contributed by atoms with Crippen LogP contribution in [0.2, 0.25) is 0 Å². The quantitative estimate of drug-likeness (QED) is 0.492. The molecule has 2 aromatic rings. The maximum Gasteiger partial charge on any atom is 0.227 e. The number of aryl methyl sites for hydroxylation is 2. The number of carbonyl (C=O) groups excluding carboxylic acids is 1. The van der Waals surface area contributed by atoms with Gasteiger partial charge in [0.2, 0.25) is 5.91 Å². The van der Waals surface area contributed by atoms with Crippen LogP contribution < -0.4 is 9.64 Å². The van der Waals surface area contributed by atoms with Crippen LogP contribution in [0.15, 0.2) is 18.2 Å². The Balaban J connectivity index is 1.25. The fourth-order valence-electron chi connectivity index (χ4n) is 4.82. The van der Waals surface area contributed by atoms with E-state index in [0.717, 1.165) is 55.9 Å². The van der Waals surface area contributed by atoms with Crippen LogP contribution in [0, 0.1) is 5.92 Å². The van der Waals surface area contributed by atoms with Crippen molar-refractivity contribution in [3.05, 3.63) is 29.6 Å².